The molecule has 0 unspecified atom stereocenters. The molecule has 0 radical (unpaired) electrons. The molecule has 6 nitrogen and oxygen atoms in total. The third-order valence-electron chi connectivity index (χ3n) is 5.13. The van der Waals surface area contributed by atoms with Crippen molar-refractivity contribution in [2.24, 2.45) is 0 Å². The van der Waals surface area contributed by atoms with Crippen LogP contribution in [0.15, 0.2) is 29.4 Å². The molecular formula is C21H30N4O2S. The SMILES string of the molecule is CSc1nnc(CCCNC(=O)CCOc2ccc(C)cc2)n1C1CCCC1. The third kappa shape index (κ3) is 5.74. The fourth-order valence-corrected chi connectivity index (χ4v) is 4.18. The minimum atomic E-state index is 0.0224. The predicted molar refractivity (Wildman–Crippen MR) is 112 cm³/mol. The molecule has 1 aliphatic rings. The molecule has 1 aromatic heterocycles. The van der Waals surface area contributed by atoms with E-state index in [1.54, 1.807) is 11.8 Å². The molecule has 152 valence electrons. The Morgan fingerprint density at radius 3 is 2.71 bits per heavy atom. The normalized spacial score (nSPS) is 14.4. The summed E-state index contributed by atoms with van der Waals surface area (Å²) in [6, 6.07) is 8.40. The Morgan fingerprint density at radius 2 is 2.00 bits per heavy atom. The van der Waals surface area contributed by atoms with Gasteiger partial charge in [0.1, 0.15) is 11.6 Å². The van der Waals surface area contributed by atoms with Gasteiger partial charge in [0.05, 0.1) is 13.0 Å². The van der Waals surface area contributed by atoms with Crippen LogP contribution in [-0.4, -0.2) is 40.1 Å². The summed E-state index contributed by atoms with van der Waals surface area (Å²) in [5.41, 5.74) is 1.19. The second kappa shape index (κ2) is 10.5. The summed E-state index contributed by atoms with van der Waals surface area (Å²) in [6.07, 6.45) is 9.13. The lowest BCUT2D eigenvalue weighted by Crippen LogP contribution is -2.26. The summed E-state index contributed by atoms with van der Waals surface area (Å²) >= 11 is 1.66. The largest absolute Gasteiger partial charge is 0.493 e. The van der Waals surface area contributed by atoms with E-state index < -0.39 is 0 Å². The topological polar surface area (TPSA) is 69.0 Å². The van der Waals surface area contributed by atoms with Gasteiger partial charge < -0.3 is 14.6 Å². The minimum Gasteiger partial charge on any atom is -0.493 e. The van der Waals surface area contributed by atoms with E-state index >= 15 is 0 Å². The van der Waals surface area contributed by atoms with Crippen LogP contribution in [0.25, 0.3) is 0 Å². The first-order chi connectivity index (χ1) is 13.7. The molecule has 1 aromatic carbocycles. The van der Waals surface area contributed by atoms with Crippen LogP contribution in [0.3, 0.4) is 0 Å². The number of rotatable bonds is 10. The number of carbonyl (C=O) groups excluding carboxylic acids is 1. The van der Waals surface area contributed by atoms with Crippen molar-refractivity contribution in [3.63, 3.8) is 0 Å². The molecule has 2 aromatic rings. The number of aromatic nitrogens is 3. The highest BCUT2D eigenvalue weighted by molar-refractivity contribution is 7.98. The van der Waals surface area contributed by atoms with Crippen LogP contribution in [0, 0.1) is 6.92 Å². The Balaban J connectivity index is 1.37. The summed E-state index contributed by atoms with van der Waals surface area (Å²) < 4.78 is 7.94. The molecule has 1 aliphatic carbocycles. The van der Waals surface area contributed by atoms with Crippen molar-refractivity contribution in [2.75, 3.05) is 19.4 Å². The van der Waals surface area contributed by atoms with Gasteiger partial charge in [-0.1, -0.05) is 42.3 Å². The summed E-state index contributed by atoms with van der Waals surface area (Å²) in [5.74, 6) is 1.87. The zero-order valence-corrected chi connectivity index (χ0v) is 17.6. The van der Waals surface area contributed by atoms with E-state index in [1.165, 1.54) is 31.2 Å². The second-order valence-electron chi connectivity index (χ2n) is 7.28. The molecule has 1 amide bonds. The van der Waals surface area contributed by atoms with E-state index in [2.05, 4.69) is 26.3 Å². The second-order valence-corrected chi connectivity index (χ2v) is 8.05. The van der Waals surface area contributed by atoms with Gasteiger partial charge in [0.25, 0.3) is 0 Å². The van der Waals surface area contributed by atoms with Crippen molar-refractivity contribution in [2.45, 2.75) is 63.1 Å². The first kappa shape index (κ1) is 20.7. The fourth-order valence-electron chi connectivity index (χ4n) is 3.61. The van der Waals surface area contributed by atoms with E-state index in [0.717, 1.165) is 29.6 Å². The van der Waals surface area contributed by atoms with Gasteiger partial charge in [-0.2, -0.15) is 0 Å². The highest BCUT2D eigenvalue weighted by Crippen LogP contribution is 2.33. The van der Waals surface area contributed by atoms with Crippen molar-refractivity contribution >= 4 is 17.7 Å². The maximum atomic E-state index is 12.0. The van der Waals surface area contributed by atoms with Crippen molar-refractivity contribution < 1.29 is 9.53 Å². The van der Waals surface area contributed by atoms with E-state index in [9.17, 15) is 4.79 Å². The number of hydrogen-bond donors (Lipinski definition) is 1. The molecule has 0 spiro atoms. The smallest absolute Gasteiger partial charge is 0.223 e. The molecule has 7 heteroatoms. The van der Waals surface area contributed by atoms with Gasteiger partial charge in [-0.3, -0.25) is 4.79 Å². The van der Waals surface area contributed by atoms with Crippen molar-refractivity contribution in [3.05, 3.63) is 35.7 Å². The zero-order valence-electron chi connectivity index (χ0n) is 16.8. The van der Waals surface area contributed by atoms with Crippen molar-refractivity contribution in [1.29, 1.82) is 0 Å². The van der Waals surface area contributed by atoms with Gasteiger partial charge >= 0.3 is 0 Å². The Kier molecular flexibility index (Phi) is 7.77. The zero-order chi connectivity index (χ0) is 19.8. The van der Waals surface area contributed by atoms with Crippen molar-refractivity contribution in [3.8, 4) is 5.75 Å². The summed E-state index contributed by atoms with van der Waals surface area (Å²) in [7, 11) is 0. The van der Waals surface area contributed by atoms with Crippen LogP contribution >= 0.6 is 11.8 Å². The molecule has 1 N–H and O–H groups in total. The van der Waals surface area contributed by atoms with E-state index in [1.807, 2.05) is 31.2 Å². The van der Waals surface area contributed by atoms with Crippen LogP contribution in [-0.2, 0) is 11.2 Å². The van der Waals surface area contributed by atoms with Crippen LogP contribution < -0.4 is 10.1 Å². The van der Waals surface area contributed by atoms with Crippen LogP contribution in [0.5, 0.6) is 5.75 Å². The molecule has 0 saturated heterocycles. The van der Waals surface area contributed by atoms with Gasteiger partial charge in [0, 0.05) is 19.0 Å². The number of carbonyl (C=O) groups is 1. The molecule has 28 heavy (non-hydrogen) atoms. The maximum absolute atomic E-state index is 12.0. The van der Waals surface area contributed by atoms with Crippen LogP contribution in [0.4, 0.5) is 0 Å². The molecule has 1 saturated carbocycles. The molecule has 0 aliphatic heterocycles. The number of amides is 1. The van der Waals surface area contributed by atoms with Crippen LogP contribution in [0.1, 0.15) is 56.0 Å². The minimum absolute atomic E-state index is 0.0224. The molecule has 1 heterocycles. The van der Waals surface area contributed by atoms with E-state index in [0.29, 0.717) is 25.6 Å². The standard InChI is InChI=1S/C21H30N4O2S/c1-16-9-11-18(12-10-16)27-15-13-20(26)22-14-5-8-19-23-24-21(28-2)25(19)17-6-3-4-7-17/h9-12,17H,3-8,13-15H2,1-2H3,(H,22,26). The highest BCUT2D eigenvalue weighted by Gasteiger charge is 2.23. The molecular weight excluding hydrogens is 372 g/mol. The highest BCUT2D eigenvalue weighted by atomic mass is 32.2. The van der Waals surface area contributed by atoms with Gasteiger partial charge in [-0.05, 0) is 44.6 Å². The monoisotopic (exact) mass is 402 g/mol. The Hall–Kier alpha value is -2.02. The van der Waals surface area contributed by atoms with Crippen LogP contribution in [0.2, 0.25) is 0 Å². The maximum Gasteiger partial charge on any atom is 0.223 e. The predicted octanol–water partition coefficient (Wildman–Crippen LogP) is 3.94. The van der Waals surface area contributed by atoms with Gasteiger partial charge in [-0.15, -0.1) is 10.2 Å². The molecule has 0 atom stereocenters. The number of ether oxygens (including phenoxy) is 1. The van der Waals surface area contributed by atoms with Crippen molar-refractivity contribution in [1.82, 2.24) is 20.1 Å². The number of nitrogens with zero attached hydrogens (tertiary/aromatic N) is 3. The molecule has 3 rings (SSSR count). The number of hydrogen-bond acceptors (Lipinski definition) is 5. The fraction of sp³-hybridized carbons (Fsp3) is 0.571. The number of aryl methyl sites for hydroxylation is 2. The number of nitrogens with one attached hydrogen (secondary N) is 1. The lowest BCUT2D eigenvalue weighted by molar-refractivity contribution is -0.121. The molecule has 1 fully saturated rings. The summed E-state index contributed by atoms with van der Waals surface area (Å²) in [6.45, 7) is 3.08. The number of thioether (sulfide) groups is 1. The Morgan fingerprint density at radius 1 is 1.25 bits per heavy atom. The van der Waals surface area contributed by atoms with Gasteiger partial charge in [-0.25, -0.2) is 0 Å². The Labute approximate surface area is 171 Å². The average molecular weight is 403 g/mol. The molecule has 0 bridgehead atoms. The van der Waals surface area contributed by atoms with E-state index in [-0.39, 0.29) is 5.91 Å². The van der Waals surface area contributed by atoms with Gasteiger partial charge in [0.15, 0.2) is 5.16 Å². The average Bonchev–Trinajstić information content (AvgIpc) is 3.36. The lowest BCUT2D eigenvalue weighted by Gasteiger charge is -2.16. The summed E-state index contributed by atoms with van der Waals surface area (Å²) in [5, 5.41) is 12.7. The first-order valence-corrected chi connectivity index (χ1v) is 11.3. The quantitative estimate of drug-likeness (QED) is 0.481. The van der Waals surface area contributed by atoms with E-state index in [4.69, 9.17) is 4.74 Å². The lowest BCUT2D eigenvalue weighted by atomic mass is 10.2. The number of benzene rings is 1. The summed E-state index contributed by atoms with van der Waals surface area (Å²) in [4.78, 5) is 12.0. The van der Waals surface area contributed by atoms with Gasteiger partial charge in [0.2, 0.25) is 5.91 Å². The first-order valence-electron chi connectivity index (χ1n) is 10.1. The Bertz CT molecular complexity index is 754. The third-order valence-corrected chi connectivity index (χ3v) is 5.77.